The lowest BCUT2D eigenvalue weighted by molar-refractivity contribution is -0.154. The highest BCUT2D eigenvalue weighted by Gasteiger charge is 2.30. The fourth-order valence-electron chi connectivity index (χ4n) is 2.35. The summed E-state index contributed by atoms with van der Waals surface area (Å²) in [7, 11) is 0. The molecule has 1 fully saturated rings. The van der Waals surface area contributed by atoms with Crippen molar-refractivity contribution in [2.75, 3.05) is 11.9 Å². The van der Waals surface area contributed by atoms with Gasteiger partial charge in [-0.05, 0) is 31.9 Å². The number of aromatic nitrogens is 3. The third kappa shape index (κ3) is 6.40. The minimum absolute atomic E-state index is 0.0331. The van der Waals surface area contributed by atoms with Crippen molar-refractivity contribution in [2.45, 2.75) is 32.5 Å². The number of rotatable bonds is 7. The second-order valence-corrected chi connectivity index (χ2v) is 6.54. The standard InChI is InChI=1S/C18H18F3N5O3/c1-10-7-13(25-17(23-10)26-15(27)11-5-6-11)16(28)22-8-12-3-2-4-14(24-12)29-9-18(19,20)21/h2-4,7,11H,5-6,8-9H2,1H3,(H,22,28)(H,23,25,26,27). The molecule has 29 heavy (non-hydrogen) atoms. The quantitative estimate of drug-likeness (QED) is 0.728. The van der Waals surface area contributed by atoms with Crippen molar-refractivity contribution >= 4 is 17.8 Å². The van der Waals surface area contributed by atoms with Crippen LogP contribution >= 0.6 is 0 Å². The first-order valence-corrected chi connectivity index (χ1v) is 8.80. The zero-order valence-electron chi connectivity index (χ0n) is 15.4. The highest BCUT2D eigenvalue weighted by molar-refractivity contribution is 5.95. The minimum Gasteiger partial charge on any atom is -0.468 e. The van der Waals surface area contributed by atoms with Crippen LogP contribution in [0, 0.1) is 12.8 Å². The van der Waals surface area contributed by atoms with Gasteiger partial charge in [-0.15, -0.1) is 0 Å². The van der Waals surface area contributed by atoms with Crippen molar-refractivity contribution in [2.24, 2.45) is 5.92 Å². The minimum atomic E-state index is -4.47. The molecule has 11 heteroatoms. The molecule has 2 heterocycles. The number of carbonyl (C=O) groups is 2. The molecule has 1 aliphatic rings. The van der Waals surface area contributed by atoms with Crippen LogP contribution in [0.3, 0.4) is 0 Å². The van der Waals surface area contributed by atoms with Crippen molar-refractivity contribution in [3.63, 3.8) is 0 Å². The van der Waals surface area contributed by atoms with E-state index in [9.17, 15) is 22.8 Å². The number of hydrogen-bond acceptors (Lipinski definition) is 6. The first kappa shape index (κ1) is 20.5. The highest BCUT2D eigenvalue weighted by atomic mass is 19.4. The summed E-state index contributed by atoms with van der Waals surface area (Å²) in [5.74, 6) is -0.901. The maximum Gasteiger partial charge on any atom is 0.422 e. The van der Waals surface area contributed by atoms with E-state index in [0.717, 1.165) is 12.8 Å². The first-order chi connectivity index (χ1) is 13.7. The van der Waals surface area contributed by atoms with Gasteiger partial charge in [0.2, 0.25) is 17.7 Å². The molecule has 0 radical (unpaired) electrons. The van der Waals surface area contributed by atoms with E-state index in [-0.39, 0.29) is 35.9 Å². The van der Waals surface area contributed by atoms with Gasteiger partial charge < -0.3 is 10.1 Å². The van der Waals surface area contributed by atoms with Gasteiger partial charge in [0.05, 0.1) is 12.2 Å². The van der Waals surface area contributed by atoms with Crippen LogP contribution in [-0.4, -0.2) is 39.5 Å². The van der Waals surface area contributed by atoms with Crippen molar-refractivity contribution in [1.82, 2.24) is 20.3 Å². The van der Waals surface area contributed by atoms with E-state index < -0.39 is 18.7 Å². The summed E-state index contributed by atoms with van der Waals surface area (Å²) in [6, 6.07) is 5.76. The van der Waals surface area contributed by atoms with Crippen LogP contribution in [-0.2, 0) is 11.3 Å². The largest absolute Gasteiger partial charge is 0.468 e. The van der Waals surface area contributed by atoms with E-state index in [2.05, 4.69) is 30.3 Å². The summed E-state index contributed by atoms with van der Waals surface area (Å²) in [6.07, 6.45) is -2.82. The molecule has 0 unspecified atom stereocenters. The first-order valence-electron chi connectivity index (χ1n) is 8.80. The van der Waals surface area contributed by atoms with Crippen LogP contribution in [0.5, 0.6) is 5.88 Å². The van der Waals surface area contributed by atoms with Gasteiger partial charge in [-0.1, -0.05) is 6.07 Å². The number of alkyl halides is 3. The van der Waals surface area contributed by atoms with Gasteiger partial charge in [0, 0.05) is 17.7 Å². The van der Waals surface area contributed by atoms with Gasteiger partial charge in [0.25, 0.3) is 5.91 Å². The summed E-state index contributed by atoms with van der Waals surface area (Å²) in [5.41, 5.74) is 0.857. The number of nitrogens with zero attached hydrogens (tertiary/aromatic N) is 3. The number of pyridine rings is 1. The lowest BCUT2D eigenvalue weighted by atomic mass is 10.3. The number of hydrogen-bond donors (Lipinski definition) is 2. The van der Waals surface area contributed by atoms with E-state index in [1.807, 2.05) is 0 Å². The van der Waals surface area contributed by atoms with E-state index in [1.54, 1.807) is 6.92 Å². The van der Waals surface area contributed by atoms with Crippen LogP contribution in [0.1, 0.15) is 34.7 Å². The van der Waals surface area contributed by atoms with Crippen LogP contribution in [0.25, 0.3) is 0 Å². The molecule has 0 aromatic carbocycles. The molecule has 0 saturated heterocycles. The zero-order valence-corrected chi connectivity index (χ0v) is 15.4. The van der Waals surface area contributed by atoms with Crippen LogP contribution < -0.4 is 15.4 Å². The Morgan fingerprint density at radius 2 is 1.97 bits per heavy atom. The van der Waals surface area contributed by atoms with Crippen molar-refractivity contribution in [1.29, 1.82) is 0 Å². The topological polar surface area (TPSA) is 106 Å². The Morgan fingerprint density at radius 3 is 2.66 bits per heavy atom. The molecule has 2 aromatic heterocycles. The van der Waals surface area contributed by atoms with E-state index in [1.165, 1.54) is 24.3 Å². The molecule has 0 aliphatic heterocycles. The Kier molecular flexibility index (Phi) is 5.95. The smallest absolute Gasteiger partial charge is 0.422 e. The molecule has 1 saturated carbocycles. The Labute approximate surface area is 163 Å². The van der Waals surface area contributed by atoms with E-state index in [0.29, 0.717) is 11.4 Å². The van der Waals surface area contributed by atoms with E-state index >= 15 is 0 Å². The lowest BCUT2D eigenvalue weighted by Gasteiger charge is -2.10. The molecule has 2 amide bonds. The van der Waals surface area contributed by atoms with Gasteiger partial charge in [-0.3, -0.25) is 14.9 Å². The fourth-order valence-corrected chi connectivity index (χ4v) is 2.35. The summed E-state index contributed by atoms with van der Waals surface area (Å²) in [4.78, 5) is 36.3. The lowest BCUT2D eigenvalue weighted by Crippen LogP contribution is -2.26. The number of anilines is 1. The fraction of sp³-hybridized carbons (Fsp3) is 0.389. The third-order valence-electron chi connectivity index (χ3n) is 3.86. The molecule has 0 bridgehead atoms. The van der Waals surface area contributed by atoms with Gasteiger partial charge in [0.1, 0.15) is 5.69 Å². The third-order valence-corrected chi connectivity index (χ3v) is 3.86. The molecule has 3 rings (SSSR count). The highest BCUT2D eigenvalue weighted by Crippen LogP contribution is 2.29. The number of amides is 2. The van der Waals surface area contributed by atoms with Crippen molar-refractivity contribution < 1.29 is 27.5 Å². The number of carbonyl (C=O) groups excluding carboxylic acids is 2. The van der Waals surface area contributed by atoms with Crippen LogP contribution in [0.2, 0.25) is 0 Å². The second kappa shape index (κ2) is 8.41. The molecule has 2 aromatic rings. The Balaban J connectivity index is 1.60. The average Bonchev–Trinajstić information content (AvgIpc) is 3.49. The van der Waals surface area contributed by atoms with Gasteiger partial charge in [0.15, 0.2) is 6.61 Å². The molecular weight excluding hydrogens is 391 g/mol. The normalized spacial score (nSPS) is 13.7. The maximum atomic E-state index is 12.4. The number of nitrogens with one attached hydrogen (secondary N) is 2. The zero-order chi connectivity index (χ0) is 21.0. The van der Waals surface area contributed by atoms with E-state index in [4.69, 9.17) is 0 Å². The molecule has 8 nitrogen and oxygen atoms in total. The van der Waals surface area contributed by atoms with Crippen molar-refractivity contribution in [3.05, 3.63) is 41.3 Å². The Bertz CT molecular complexity index is 916. The summed E-state index contributed by atoms with van der Waals surface area (Å²) in [6.45, 7) is 0.161. The predicted octanol–water partition coefficient (Wildman–Crippen LogP) is 2.40. The molecule has 154 valence electrons. The Hall–Kier alpha value is -3.24. The van der Waals surface area contributed by atoms with Gasteiger partial charge in [-0.2, -0.15) is 13.2 Å². The van der Waals surface area contributed by atoms with Gasteiger partial charge >= 0.3 is 6.18 Å². The van der Waals surface area contributed by atoms with Crippen LogP contribution in [0.15, 0.2) is 24.3 Å². The number of aryl methyl sites for hydroxylation is 1. The molecule has 2 N–H and O–H groups in total. The summed E-state index contributed by atoms with van der Waals surface area (Å²) in [5, 5.41) is 5.16. The molecule has 0 atom stereocenters. The molecule has 0 spiro atoms. The monoisotopic (exact) mass is 409 g/mol. The van der Waals surface area contributed by atoms with Gasteiger partial charge in [-0.25, -0.2) is 15.0 Å². The molecular formula is C18H18F3N5O3. The number of ether oxygens (including phenoxy) is 1. The van der Waals surface area contributed by atoms with Crippen LogP contribution in [0.4, 0.5) is 19.1 Å². The Morgan fingerprint density at radius 1 is 1.21 bits per heavy atom. The SMILES string of the molecule is Cc1cc(C(=O)NCc2cccc(OCC(F)(F)F)n2)nc(NC(=O)C2CC2)n1. The van der Waals surface area contributed by atoms with Crippen molar-refractivity contribution in [3.8, 4) is 5.88 Å². The summed E-state index contributed by atoms with van der Waals surface area (Å²) >= 11 is 0. The number of halogens is 3. The molecule has 1 aliphatic carbocycles. The second-order valence-electron chi connectivity index (χ2n) is 6.54. The predicted molar refractivity (Wildman–Crippen MR) is 95.1 cm³/mol. The summed E-state index contributed by atoms with van der Waals surface area (Å²) < 4.78 is 41.3. The average molecular weight is 409 g/mol. The maximum absolute atomic E-state index is 12.4.